The monoisotopic (exact) mass is 303 g/mol. The normalized spacial score (nSPS) is 14.7. The van der Waals surface area contributed by atoms with Gasteiger partial charge in [0.2, 0.25) is 0 Å². The second-order valence-corrected chi connectivity index (χ2v) is 6.94. The third kappa shape index (κ3) is 3.80. The van der Waals surface area contributed by atoms with Crippen molar-refractivity contribution >= 4 is 11.3 Å². The van der Waals surface area contributed by atoms with Crippen LogP contribution in [0.5, 0.6) is 10.9 Å². The number of hydrogen-bond donors (Lipinski definition) is 1. The Hall–Kier alpha value is -1.46. The van der Waals surface area contributed by atoms with Crippen LogP contribution in [0.25, 0.3) is 0 Å². The first kappa shape index (κ1) is 14.5. The molecule has 0 aliphatic heterocycles. The van der Waals surface area contributed by atoms with Crippen molar-refractivity contribution in [1.82, 2.24) is 15.5 Å². The largest absolute Gasteiger partial charge is 0.429 e. The van der Waals surface area contributed by atoms with Crippen LogP contribution in [0.3, 0.4) is 0 Å². The minimum atomic E-state index is 0.421. The summed E-state index contributed by atoms with van der Waals surface area (Å²) in [6.45, 7) is 7.20. The topological polar surface area (TPSA) is 47.0 Å². The zero-order chi connectivity index (χ0) is 14.8. The van der Waals surface area contributed by atoms with Gasteiger partial charge in [0.15, 0.2) is 0 Å². The number of ether oxygens (including phenoxy) is 1. The molecular formula is C16H21N3OS. The number of aromatic nitrogens is 2. The van der Waals surface area contributed by atoms with Gasteiger partial charge in [-0.2, -0.15) is 0 Å². The average molecular weight is 303 g/mol. The molecule has 0 radical (unpaired) electrons. The van der Waals surface area contributed by atoms with Crippen molar-refractivity contribution in [3.63, 3.8) is 0 Å². The quantitative estimate of drug-likeness (QED) is 0.875. The second kappa shape index (κ2) is 6.12. The maximum atomic E-state index is 5.97. The number of benzene rings is 1. The second-order valence-electron chi connectivity index (χ2n) is 5.91. The van der Waals surface area contributed by atoms with Gasteiger partial charge in [-0.15, -0.1) is 5.10 Å². The number of rotatable bonds is 6. The summed E-state index contributed by atoms with van der Waals surface area (Å²) in [5, 5.41) is 13.4. The summed E-state index contributed by atoms with van der Waals surface area (Å²) in [7, 11) is 0. The Balaban J connectivity index is 1.71. The number of aryl methyl sites for hydroxylation is 1. The fourth-order valence-electron chi connectivity index (χ4n) is 2.17. The Bertz CT molecular complexity index is 620. The minimum absolute atomic E-state index is 0.421. The van der Waals surface area contributed by atoms with E-state index in [1.807, 2.05) is 0 Å². The summed E-state index contributed by atoms with van der Waals surface area (Å²) in [5.74, 6) is 1.31. The van der Waals surface area contributed by atoms with E-state index in [2.05, 4.69) is 54.5 Å². The highest BCUT2D eigenvalue weighted by Gasteiger charge is 2.21. The highest BCUT2D eigenvalue weighted by atomic mass is 32.1. The molecule has 3 rings (SSSR count). The number of hydrogen-bond acceptors (Lipinski definition) is 5. The van der Waals surface area contributed by atoms with Crippen molar-refractivity contribution in [3.05, 3.63) is 34.3 Å². The maximum Gasteiger partial charge on any atom is 0.299 e. The van der Waals surface area contributed by atoms with Crippen molar-refractivity contribution in [2.45, 2.75) is 52.1 Å². The van der Waals surface area contributed by atoms with Crippen LogP contribution in [0, 0.1) is 6.92 Å². The molecule has 21 heavy (non-hydrogen) atoms. The maximum absolute atomic E-state index is 5.97. The van der Waals surface area contributed by atoms with Crippen molar-refractivity contribution in [2.24, 2.45) is 0 Å². The molecule has 1 N–H and O–H groups in total. The van der Waals surface area contributed by atoms with Crippen LogP contribution in [-0.4, -0.2) is 16.2 Å². The molecule has 0 saturated heterocycles. The molecule has 0 atom stereocenters. The van der Waals surface area contributed by atoms with Crippen molar-refractivity contribution in [3.8, 4) is 10.9 Å². The van der Waals surface area contributed by atoms with Gasteiger partial charge < -0.3 is 10.1 Å². The lowest BCUT2D eigenvalue weighted by molar-refractivity contribution is 0.463. The van der Waals surface area contributed by atoms with Gasteiger partial charge in [0.1, 0.15) is 10.8 Å². The first-order valence-corrected chi connectivity index (χ1v) is 8.27. The van der Waals surface area contributed by atoms with E-state index < -0.39 is 0 Å². The van der Waals surface area contributed by atoms with Crippen LogP contribution in [0.4, 0.5) is 0 Å². The molecule has 0 bridgehead atoms. The van der Waals surface area contributed by atoms with Crippen LogP contribution in [-0.2, 0) is 6.54 Å². The van der Waals surface area contributed by atoms with Gasteiger partial charge in [-0.1, -0.05) is 42.4 Å². The fraction of sp³-hybridized carbons (Fsp3) is 0.500. The summed E-state index contributed by atoms with van der Waals surface area (Å²) in [4.78, 5) is 0. The third-order valence-electron chi connectivity index (χ3n) is 3.56. The zero-order valence-corrected chi connectivity index (χ0v) is 13.5. The average Bonchev–Trinajstić information content (AvgIpc) is 3.16. The van der Waals surface area contributed by atoms with Gasteiger partial charge in [-0.3, -0.25) is 0 Å². The fourth-order valence-corrected chi connectivity index (χ4v) is 2.82. The van der Waals surface area contributed by atoms with Gasteiger partial charge in [0, 0.05) is 6.04 Å². The lowest BCUT2D eigenvalue weighted by atomic mass is 10.0. The molecule has 1 heterocycles. The minimum Gasteiger partial charge on any atom is -0.429 e. The molecule has 0 unspecified atom stereocenters. The van der Waals surface area contributed by atoms with E-state index >= 15 is 0 Å². The molecule has 1 aliphatic rings. The van der Waals surface area contributed by atoms with E-state index in [1.165, 1.54) is 35.3 Å². The van der Waals surface area contributed by atoms with E-state index in [4.69, 9.17) is 4.74 Å². The molecule has 2 aromatic rings. The molecule has 1 fully saturated rings. The van der Waals surface area contributed by atoms with Crippen molar-refractivity contribution in [2.75, 3.05) is 0 Å². The molecule has 112 valence electrons. The molecule has 0 amide bonds. The molecule has 4 nitrogen and oxygen atoms in total. The lowest BCUT2D eigenvalue weighted by Crippen LogP contribution is -2.14. The molecule has 1 aromatic carbocycles. The van der Waals surface area contributed by atoms with Gasteiger partial charge in [-0.05, 0) is 42.9 Å². The standard InChI is InChI=1S/C16H21N3OS/c1-10(2)13-7-4-11(3)8-14(13)20-16-19-18-15(21-16)9-17-12-5-6-12/h4,7-8,10,12,17H,5-6,9H2,1-3H3. The molecule has 1 aliphatic carbocycles. The zero-order valence-electron chi connectivity index (χ0n) is 12.7. The highest BCUT2D eigenvalue weighted by molar-refractivity contribution is 7.13. The first-order chi connectivity index (χ1) is 10.1. The van der Waals surface area contributed by atoms with Crippen LogP contribution in [0.1, 0.15) is 48.7 Å². The third-order valence-corrected chi connectivity index (χ3v) is 4.36. The Labute approximate surface area is 129 Å². The smallest absolute Gasteiger partial charge is 0.299 e. The number of nitrogens with zero attached hydrogens (tertiary/aromatic N) is 2. The highest BCUT2D eigenvalue weighted by Crippen LogP contribution is 2.32. The molecule has 5 heteroatoms. The van der Waals surface area contributed by atoms with Crippen LogP contribution in [0.15, 0.2) is 18.2 Å². The summed E-state index contributed by atoms with van der Waals surface area (Å²) < 4.78 is 5.97. The Morgan fingerprint density at radius 1 is 1.33 bits per heavy atom. The predicted molar refractivity (Wildman–Crippen MR) is 85.1 cm³/mol. The van der Waals surface area contributed by atoms with E-state index in [0.717, 1.165) is 17.3 Å². The van der Waals surface area contributed by atoms with Gasteiger partial charge in [-0.25, -0.2) is 0 Å². The van der Waals surface area contributed by atoms with Crippen molar-refractivity contribution in [1.29, 1.82) is 0 Å². The number of nitrogens with one attached hydrogen (secondary N) is 1. The lowest BCUT2D eigenvalue weighted by Gasteiger charge is -2.12. The summed E-state index contributed by atoms with van der Waals surface area (Å²) in [6, 6.07) is 7.00. The Kier molecular flexibility index (Phi) is 4.22. The van der Waals surface area contributed by atoms with E-state index in [0.29, 0.717) is 17.2 Å². The summed E-state index contributed by atoms with van der Waals surface area (Å²) >= 11 is 1.52. The van der Waals surface area contributed by atoms with E-state index in [9.17, 15) is 0 Å². The van der Waals surface area contributed by atoms with Crippen LogP contribution in [0.2, 0.25) is 0 Å². The first-order valence-electron chi connectivity index (χ1n) is 7.46. The molecule has 0 spiro atoms. The Morgan fingerprint density at radius 3 is 2.86 bits per heavy atom. The molecule has 1 aromatic heterocycles. The van der Waals surface area contributed by atoms with Crippen LogP contribution < -0.4 is 10.1 Å². The SMILES string of the molecule is Cc1ccc(C(C)C)c(Oc2nnc(CNC3CC3)s2)c1. The van der Waals surface area contributed by atoms with Gasteiger partial charge in [0.05, 0.1) is 6.54 Å². The van der Waals surface area contributed by atoms with E-state index in [1.54, 1.807) is 0 Å². The summed E-state index contributed by atoms with van der Waals surface area (Å²) in [5.41, 5.74) is 2.39. The van der Waals surface area contributed by atoms with Crippen molar-refractivity contribution < 1.29 is 4.74 Å². The van der Waals surface area contributed by atoms with Gasteiger partial charge >= 0.3 is 0 Å². The molecule has 1 saturated carbocycles. The Morgan fingerprint density at radius 2 is 2.14 bits per heavy atom. The summed E-state index contributed by atoms with van der Waals surface area (Å²) in [6.07, 6.45) is 2.56. The van der Waals surface area contributed by atoms with Gasteiger partial charge in [0.25, 0.3) is 5.19 Å². The predicted octanol–water partition coefficient (Wildman–Crippen LogP) is 4.01. The van der Waals surface area contributed by atoms with Crippen LogP contribution >= 0.6 is 11.3 Å². The van der Waals surface area contributed by atoms with E-state index in [-0.39, 0.29) is 0 Å². The molecular weight excluding hydrogens is 282 g/mol.